The van der Waals surface area contributed by atoms with Crippen molar-refractivity contribution in [2.75, 3.05) is 22.9 Å². The Balaban J connectivity index is 2.01. The number of halogens is 6. The number of hydrogen-bond acceptors (Lipinski definition) is 6. The van der Waals surface area contributed by atoms with Crippen LogP contribution in [-0.2, 0) is 17.8 Å². The topological polar surface area (TPSA) is 123 Å². The maximum atomic E-state index is 13.0. The lowest BCUT2D eigenvalue weighted by molar-refractivity contribution is -0.138. The molecule has 194 valence electrons. The summed E-state index contributed by atoms with van der Waals surface area (Å²) in [5, 5.41) is 0. The van der Waals surface area contributed by atoms with Gasteiger partial charge in [-0.25, -0.2) is 0 Å². The van der Waals surface area contributed by atoms with E-state index in [4.69, 9.17) is 32.4 Å². The molecular formula is C24H24F6N4O2. The molecule has 0 bridgehead atoms. The van der Waals surface area contributed by atoms with Crippen LogP contribution in [0.5, 0.6) is 23.0 Å². The third-order valence-corrected chi connectivity index (χ3v) is 5.14. The first-order valence-corrected chi connectivity index (χ1v) is 10.4. The fourth-order valence-corrected chi connectivity index (χ4v) is 3.39. The summed E-state index contributed by atoms with van der Waals surface area (Å²) < 4.78 is 89.7. The normalized spacial score (nSPS) is 12.5. The van der Waals surface area contributed by atoms with Gasteiger partial charge in [-0.2, -0.15) is 26.3 Å². The van der Waals surface area contributed by atoms with Crippen molar-refractivity contribution in [3.8, 4) is 23.0 Å². The summed E-state index contributed by atoms with van der Waals surface area (Å²) in [6, 6.07) is 7.29. The molecule has 0 atom stereocenters. The van der Waals surface area contributed by atoms with Crippen molar-refractivity contribution >= 4 is 22.7 Å². The summed E-state index contributed by atoms with van der Waals surface area (Å²) in [5.41, 5.74) is 19.8. The lowest BCUT2D eigenvalue weighted by atomic mass is 9.86. The average Bonchev–Trinajstić information content (AvgIpc) is 2.71. The summed E-state index contributed by atoms with van der Waals surface area (Å²) in [6.45, 7) is 5.50. The molecule has 0 amide bonds. The lowest BCUT2D eigenvalue weighted by Gasteiger charge is -2.25. The van der Waals surface area contributed by atoms with Gasteiger partial charge < -0.3 is 32.4 Å². The molecule has 8 N–H and O–H groups in total. The van der Waals surface area contributed by atoms with Crippen LogP contribution in [-0.4, -0.2) is 0 Å². The van der Waals surface area contributed by atoms with Crippen LogP contribution in [0.1, 0.15) is 37.5 Å². The third-order valence-electron chi connectivity index (χ3n) is 5.14. The van der Waals surface area contributed by atoms with E-state index >= 15 is 0 Å². The van der Waals surface area contributed by atoms with Crippen LogP contribution < -0.4 is 32.4 Å². The first-order chi connectivity index (χ1) is 16.4. The average molecular weight is 514 g/mol. The number of benzene rings is 3. The van der Waals surface area contributed by atoms with Crippen molar-refractivity contribution in [3.63, 3.8) is 0 Å². The number of nitrogens with two attached hydrogens (primary N) is 4. The summed E-state index contributed by atoms with van der Waals surface area (Å²) in [4.78, 5) is 0. The Morgan fingerprint density at radius 1 is 0.583 bits per heavy atom. The molecule has 3 aromatic carbocycles. The molecule has 0 spiro atoms. The molecule has 3 aromatic rings. The van der Waals surface area contributed by atoms with E-state index in [2.05, 4.69) is 0 Å². The van der Waals surface area contributed by atoms with Gasteiger partial charge in [0.25, 0.3) is 0 Å². The van der Waals surface area contributed by atoms with Crippen LogP contribution in [0.4, 0.5) is 49.1 Å². The molecule has 0 radical (unpaired) electrons. The molecule has 0 aliphatic heterocycles. The smallest absolute Gasteiger partial charge is 0.416 e. The lowest BCUT2D eigenvalue weighted by Crippen LogP contribution is -2.14. The number of hydrogen-bond donors (Lipinski definition) is 4. The minimum atomic E-state index is -4.64. The molecule has 0 aromatic heterocycles. The van der Waals surface area contributed by atoms with E-state index in [1.54, 1.807) is 6.07 Å². The second-order valence-corrected chi connectivity index (χ2v) is 9.08. The standard InChI is InChI=1S/C24H24F6N4O2/c1-22(2,3)14-10-13(35-20-15(31)6-11(7-16(20)32)23(25,26)27)4-5-19(14)36-21-17(33)8-12(9-18(21)34)24(28,29)30/h4-10H,31-34H2,1-3H3. The summed E-state index contributed by atoms with van der Waals surface area (Å²) in [5.74, 6) is 0.0892. The van der Waals surface area contributed by atoms with Crippen molar-refractivity contribution in [2.45, 2.75) is 38.5 Å². The SMILES string of the molecule is CC(C)(C)c1cc(Oc2c(N)cc(C(F)(F)F)cc2N)ccc1Oc1c(N)cc(C(F)(F)F)cc1N. The Morgan fingerprint density at radius 2 is 0.972 bits per heavy atom. The van der Waals surface area contributed by atoms with Crippen LogP contribution in [0, 0.1) is 0 Å². The minimum absolute atomic E-state index is 0.154. The van der Waals surface area contributed by atoms with Gasteiger partial charge in [0.2, 0.25) is 0 Å². The van der Waals surface area contributed by atoms with E-state index in [1.165, 1.54) is 12.1 Å². The van der Waals surface area contributed by atoms with Crippen LogP contribution in [0.3, 0.4) is 0 Å². The Kier molecular flexibility index (Phi) is 6.60. The molecule has 36 heavy (non-hydrogen) atoms. The first kappa shape index (κ1) is 26.6. The van der Waals surface area contributed by atoms with Crippen LogP contribution in [0.15, 0.2) is 42.5 Å². The zero-order chi connectivity index (χ0) is 27.2. The van der Waals surface area contributed by atoms with Gasteiger partial charge in [0, 0.05) is 5.56 Å². The zero-order valence-electron chi connectivity index (χ0n) is 19.4. The molecule has 12 heteroatoms. The zero-order valence-corrected chi connectivity index (χ0v) is 19.4. The molecular weight excluding hydrogens is 490 g/mol. The maximum absolute atomic E-state index is 13.0. The summed E-state index contributed by atoms with van der Waals surface area (Å²) >= 11 is 0. The van der Waals surface area contributed by atoms with Gasteiger partial charge in [-0.3, -0.25) is 0 Å². The van der Waals surface area contributed by atoms with Gasteiger partial charge in [0.1, 0.15) is 11.5 Å². The maximum Gasteiger partial charge on any atom is 0.416 e. The molecule has 0 unspecified atom stereocenters. The fraction of sp³-hybridized carbons (Fsp3) is 0.250. The largest absolute Gasteiger partial charge is 0.453 e. The highest BCUT2D eigenvalue weighted by atomic mass is 19.4. The van der Waals surface area contributed by atoms with E-state index in [-0.39, 0.29) is 45.7 Å². The van der Waals surface area contributed by atoms with Crippen LogP contribution in [0.25, 0.3) is 0 Å². The molecule has 0 fully saturated rings. The Labute approximate surface area is 202 Å². The van der Waals surface area contributed by atoms with Crippen molar-refractivity contribution < 1.29 is 35.8 Å². The first-order valence-electron chi connectivity index (χ1n) is 10.4. The van der Waals surface area contributed by atoms with Gasteiger partial charge in [0.05, 0.1) is 33.9 Å². The van der Waals surface area contributed by atoms with Gasteiger partial charge in [-0.05, 0) is 47.9 Å². The van der Waals surface area contributed by atoms with E-state index in [0.29, 0.717) is 17.7 Å². The van der Waals surface area contributed by atoms with Crippen molar-refractivity contribution in [1.29, 1.82) is 0 Å². The van der Waals surface area contributed by atoms with E-state index < -0.39 is 28.9 Å². The van der Waals surface area contributed by atoms with Gasteiger partial charge in [0.15, 0.2) is 11.5 Å². The van der Waals surface area contributed by atoms with E-state index in [1.807, 2.05) is 20.8 Å². The number of alkyl halides is 6. The molecule has 0 aliphatic carbocycles. The highest BCUT2D eigenvalue weighted by molar-refractivity contribution is 5.71. The Bertz CT molecular complexity index is 1250. The van der Waals surface area contributed by atoms with Crippen LogP contribution in [0.2, 0.25) is 0 Å². The molecule has 6 nitrogen and oxygen atoms in total. The predicted molar refractivity (Wildman–Crippen MR) is 126 cm³/mol. The Hall–Kier alpha value is -3.96. The number of rotatable bonds is 4. The number of ether oxygens (including phenoxy) is 2. The molecule has 0 aliphatic rings. The number of anilines is 4. The highest BCUT2D eigenvalue weighted by Crippen LogP contribution is 2.45. The molecule has 0 heterocycles. The van der Waals surface area contributed by atoms with Gasteiger partial charge >= 0.3 is 12.4 Å². The van der Waals surface area contributed by atoms with Gasteiger partial charge in [-0.15, -0.1) is 0 Å². The van der Waals surface area contributed by atoms with Crippen molar-refractivity contribution in [3.05, 3.63) is 59.2 Å². The van der Waals surface area contributed by atoms with Gasteiger partial charge in [-0.1, -0.05) is 20.8 Å². The second-order valence-electron chi connectivity index (χ2n) is 9.08. The van der Waals surface area contributed by atoms with E-state index in [0.717, 1.165) is 12.1 Å². The minimum Gasteiger partial charge on any atom is -0.453 e. The van der Waals surface area contributed by atoms with E-state index in [9.17, 15) is 26.3 Å². The molecule has 0 saturated heterocycles. The number of nitrogen functional groups attached to an aromatic ring is 4. The molecule has 0 saturated carbocycles. The van der Waals surface area contributed by atoms with Crippen molar-refractivity contribution in [1.82, 2.24) is 0 Å². The third kappa shape index (κ3) is 5.64. The Morgan fingerprint density at radius 3 is 1.33 bits per heavy atom. The summed E-state index contributed by atoms with van der Waals surface area (Å²) in [6.07, 6.45) is -9.28. The van der Waals surface area contributed by atoms with Crippen LogP contribution >= 0.6 is 0 Å². The second kappa shape index (κ2) is 8.92. The monoisotopic (exact) mass is 514 g/mol. The summed E-state index contributed by atoms with van der Waals surface area (Å²) in [7, 11) is 0. The fourth-order valence-electron chi connectivity index (χ4n) is 3.39. The highest BCUT2D eigenvalue weighted by Gasteiger charge is 2.33. The predicted octanol–water partition coefficient (Wildman–Crippen LogP) is 6.94. The quantitative estimate of drug-likeness (QED) is 0.221. The van der Waals surface area contributed by atoms with Crippen molar-refractivity contribution in [2.24, 2.45) is 0 Å². The molecule has 3 rings (SSSR count).